The van der Waals surface area contributed by atoms with E-state index in [2.05, 4.69) is 15.9 Å². The molecule has 0 amide bonds. The summed E-state index contributed by atoms with van der Waals surface area (Å²) in [5.74, 6) is 0.636. The molecule has 0 spiro atoms. The van der Waals surface area contributed by atoms with Gasteiger partial charge in [0.05, 0.1) is 11.1 Å². The summed E-state index contributed by atoms with van der Waals surface area (Å²) in [5, 5.41) is 9.75. The van der Waals surface area contributed by atoms with E-state index in [1.807, 2.05) is 32.9 Å². The van der Waals surface area contributed by atoms with Crippen LogP contribution < -0.4 is 10.5 Å². The predicted molar refractivity (Wildman–Crippen MR) is 68.9 cm³/mol. The van der Waals surface area contributed by atoms with E-state index < -0.39 is 0 Å². The van der Waals surface area contributed by atoms with Gasteiger partial charge in [-0.15, -0.1) is 0 Å². The number of phenolic OH excluding ortho intramolecular Hbond substituents is 1. The van der Waals surface area contributed by atoms with Gasteiger partial charge in [-0.05, 0) is 60.8 Å². The molecule has 0 aromatic heterocycles. The molecule has 0 aliphatic carbocycles. The zero-order chi connectivity index (χ0) is 12.3. The average molecular weight is 288 g/mol. The smallest absolute Gasteiger partial charge is 0.172 e. The van der Waals surface area contributed by atoms with Crippen LogP contribution in [0, 0.1) is 0 Å². The Balaban J connectivity index is 3.04. The SMILES string of the molecule is CCOc1cc(CC(C)(C)N)cc(Br)c1O. The Morgan fingerprint density at radius 1 is 1.44 bits per heavy atom. The van der Waals surface area contributed by atoms with E-state index >= 15 is 0 Å². The normalized spacial score (nSPS) is 11.6. The molecule has 3 N–H and O–H groups in total. The van der Waals surface area contributed by atoms with Gasteiger partial charge >= 0.3 is 0 Å². The highest BCUT2D eigenvalue weighted by Crippen LogP contribution is 2.36. The predicted octanol–water partition coefficient (Wildman–Crippen LogP) is 2.83. The Bertz CT molecular complexity index is 372. The highest BCUT2D eigenvalue weighted by atomic mass is 79.9. The van der Waals surface area contributed by atoms with Gasteiger partial charge in [0.2, 0.25) is 0 Å². The first-order valence-electron chi connectivity index (χ1n) is 5.26. The number of phenols is 1. The van der Waals surface area contributed by atoms with E-state index in [4.69, 9.17) is 10.5 Å². The van der Waals surface area contributed by atoms with Crippen molar-refractivity contribution in [1.82, 2.24) is 0 Å². The van der Waals surface area contributed by atoms with E-state index in [0.29, 0.717) is 16.8 Å². The molecule has 0 saturated heterocycles. The van der Waals surface area contributed by atoms with Crippen LogP contribution >= 0.6 is 15.9 Å². The number of ether oxygens (including phenoxy) is 1. The standard InChI is InChI=1S/C12H18BrNO2/c1-4-16-10-6-8(7-12(2,3)14)5-9(13)11(10)15/h5-6,15H,4,7,14H2,1-3H3. The van der Waals surface area contributed by atoms with Gasteiger partial charge in [-0.2, -0.15) is 0 Å². The van der Waals surface area contributed by atoms with Gasteiger partial charge in [-0.3, -0.25) is 0 Å². The minimum absolute atomic E-state index is 0.139. The van der Waals surface area contributed by atoms with Crippen LogP contribution in [-0.2, 0) is 6.42 Å². The lowest BCUT2D eigenvalue weighted by Crippen LogP contribution is -2.34. The molecule has 0 fully saturated rings. The second-order valence-electron chi connectivity index (χ2n) is 4.52. The average Bonchev–Trinajstić information content (AvgIpc) is 2.11. The molecule has 90 valence electrons. The molecule has 0 bridgehead atoms. The van der Waals surface area contributed by atoms with E-state index in [1.165, 1.54) is 0 Å². The van der Waals surface area contributed by atoms with Gasteiger partial charge in [0.1, 0.15) is 0 Å². The molecular weight excluding hydrogens is 270 g/mol. The van der Waals surface area contributed by atoms with Crippen molar-refractivity contribution in [3.8, 4) is 11.5 Å². The maximum absolute atomic E-state index is 9.75. The van der Waals surface area contributed by atoms with Gasteiger partial charge in [0.25, 0.3) is 0 Å². The lowest BCUT2D eigenvalue weighted by Gasteiger charge is -2.19. The number of nitrogens with two attached hydrogens (primary N) is 1. The number of hydrogen-bond acceptors (Lipinski definition) is 3. The molecule has 4 heteroatoms. The fourth-order valence-electron chi connectivity index (χ4n) is 1.52. The van der Waals surface area contributed by atoms with Crippen molar-refractivity contribution in [2.45, 2.75) is 32.7 Å². The lowest BCUT2D eigenvalue weighted by molar-refractivity contribution is 0.316. The third-order valence-corrected chi connectivity index (χ3v) is 2.65. The zero-order valence-corrected chi connectivity index (χ0v) is 11.5. The Hall–Kier alpha value is -0.740. The second-order valence-corrected chi connectivity index (χ2v) is 5.38. The van der Waals surface area contributed by atoms with Gasteiger partial charge in [0.15, 0.2) is 11.5 Å². The molecule has 1 aromatic rings. The number of rotatable bonds is 4. The van der Waals surface area contributed by atoms with Crippen LogP contribution in [0.15, 0.2) is 16.6 Å². The van der Waals surface area contributed by atoms with Crippen molar-refractivity contribution >= 4 is 15.9 Å². The third kappa shape index (κ3) is 3.68. The minimum atomic E-state index is -0.278. The van der Waals surface area contributed by atoms with Crippen molar-refractivity contribution in [3.05, 3.63) is 22.2 Å². The number of halogens is 1. The first-order valence-corrected chi connectivity index (χ1v) is 6.06. The maximum atomic E-state index is 9.75. The van der Waals surface area contributed by atoms with Gasteiger partial charge in [0, 0.05) is 5.54 Å². The first-order chi connectivity index (χ1) is 7.33. The van der Waals surface area contributed by atoms with Crippen LogP contribution in [0.4, 0.5) is 0 Å². The molecule has 0 aliphatic rings. The molecule has 1 rings (SSSR count). The summed E-state index contributed by atoms with van der Waals surface area (Å²) in [4.78, 5) is 0. The third-order valence-electron chi connectivity index (χ3n) is 2.05. The van der Waals surface area contributed by atoms with Gasteiger partial charge in [-0.25, -0.2) is 0 Å². The fourth-order valence-corrected chi connectivity index (χ4v) is 2.01. The van der Waals surface area contributed by atoms with Crippen LogP contribution in [0.1, 0.15) is 26.3 Å². The molecule has 0 radical (unpaired) electrons. The summed E-state index contributed by atoms with van der Waals surface area (Å²) < 4.78 is 5.99. The number of hydrogen-bond donors (Lipinski definition) is 2. The summed E-state index contributed by atoms with van der Waals surface area (Å²) >= 11 is 3.30. The van der Waals surface area contributed by atoms with Crippen LogP contribution in [0.3, 0.4) is 0 Å². The number of benzene rings is 1. The summed E-state index contributed by atoms with van der Waals surface area (Å²) in [5.41, 5.74) is 6.73. The van der Waals surface area contributed by atoms with E-state index in [0.717, 1.165) is 12.0 Å². The summed E-state index contributed by atoms with van der Waals surface area (Å²) in [7, 11) is 0. The summed E-state index contributed by atoms with van der Waals surface area (Å²) in [6, 6.07) is 3.70. The largest absolute Gasteiger partial charge is 0.503 e. The fraction of sp³-hybridized carbons (Fsp3) is 0.500. The molecular formula is C12H18BrNO2. The molecule has 0 heterocycles. The van der Waals surface area contributed by atoms with E-state index in [-0.39, 0.29) is 11.3 Å². The van der Waals surface area contributed by atoms with Crippen molar-refractivity contribution < 1.29 is 9.84 Å². The Morgan fingerprint density at radius 2 is 2.06 bits per heavy atom. The Labute approximate surface area is 105 Å². The highest BCUT2D eigenvalue weighted by molar-refractivity contribution is 9.10. The van der Waals surface area contributed by atoms with Crippen molar-refractivity contribution in [2.24, 2.45) is 5.73 Å². The topological polar surface area (TPSA) is 55.5 Å². The molecule has 3 nitrogen and oxygen atoms in total. The van der Waals surface area contributed by atoms with Crippen LogP contribution in [-0.4, -0.2) is 17.3 Å². The second kappa shape index (κ2) is 5.06. The first kappa shape index (κ1) is 13.3. The Morgan fingerprint density at radius 3 is 2.56 bits per heavy atom. The summed E-state index contributed by atoms with van der Waals surface area (Å²) in [6.07, 6.45) is 0.728. The molecule has 0 saturated carbocycles. The molecule has 1 aromatic carbocycles. The lowest BCUT2D eigenvalue weighted by atomic mass is 9.96. The zero-order valence-electron chi connectivity index (χ0n) is 9.88. The van der Waals surface area contributed by atoms with E-state index in [1.54, 1.807) is 0 Å². The van der Waals surface area contributed by atoms with Crippen LogP contribution in [0.2, 0.25) is 0 Å². The molecule has 0 unspecified atom stereocenters. The van der Waals surface area contributed by atoms with Gasteiger partial charge in [-0.1, -0.05) is 0 Å². The molecule has 0 atom stereocenters. The van der Waals surface area contributed by atoms with E-state index in [9.17, 15) is 5.11 Å². The monoisotopic (exact) mass is 287 g/mol. The van der Waals surface area contributed by atoms with Crippen molar-refractivity contribution in [2.75, 3.05) is 6.61 Å². The Kier molecular flexibility index (Phi) is 4.21. The van der Waals surface area contributed by atoms with Crippen molar-refractivity contribution in [3.63, 3.8) is 0 Å². The van der Waals surface area contributed by atoms with Crippen LogP contribution in [0.5, 0.6) is 11.5 Å². The van der Waals surface area contributed by atoms with Crippen LogP contribution in [0.25, 0.3) is 0 Å². The maximum Gasteiger partial charge on any atom is 0.172 e. The molecule has 16 heavy (non-hydrogen) atoms. The number of aromatic hydroxyl groups is 1. The highest BCUT2D eigenvalue weighted by Gasteiger charge is 2.15. The minimum Gasteiger partial charge on any atom is -0.503 e. The van der Waals surface area contributed by atoms with Crippen molar-refractivity contribution in [1.29, 1.82) is 0 Å². The molecule has 0 aliphatic heterocycles. The summed E-state index contributed by atoms with van der Waals surface area (Å²) in [6.45, 7) is 6.34. The quantitative estimate of drug-likeness (QED) is 0.895. The van der Waals surface area contributed by atoms with Gasteiger partial charge < -0.3 is 15.6 Å².